The Morgan fingerprint density at radius 1 is 1.22 bits per heavy atom. The Hall–Kier alpha value is -1.63. The highest BCUT2D eigenvalue weighted by atomic mass is 32.2. The first kappa shape index (κ1) is 19.4. The normalized spacial score (nSPS) is 11.9. The second-order valence-corrected chi connectivity index (χ2v) is 6.65. The standard InChI is InChI=1S/C16H25NO5S/c1-3-5-6-8-22-16(19)12-23(20)11-13-9-14(18)15(10-17-13)21-7-4-2/h9-10H,3-8,11-12H2,1-2H3,(H,17,18). The third kappa shape index (κ3) is 7.97. The first-order valence-corrected chi connectivity index (χ1v) is 9.40. The van der Waals surface area contributed by atoms with Gasteiger partial charge in [-0.3, -0.25) is 13.8 Å². The van der Waals surface area contributed by atoms with E-state index in [0.29, 0.717) is 18.9 Å². The summed E-state index contributed by atoms with van der Waals surface area (Å²) in [5, 5.41) is 0. The number of aromatic nitrogens is 1. The van der Waals surface area contributed by atoms with Gasteiger partial charge in [0.2, 0.25) is 5.43 Å². The predicted octanol–water partition coefficient (Wildman–Crippen LogP) is 2.15. The highest BCUT2D eigenvalue weighted by Gasteiger charge is 2.11. The zero-order valence-electron chi connectivity index (χ0n) is 13.8. The van der Waals surface area contributed by atoms with Gasteiger partial charge in [0, 0.05) is 28.8 Å². The molecule has 7 heteroatoms. The Labute approximate surface area is 139 Å². The van der Waals surface area contributed by atoms with Crippen molar-refractivity contribution in [2.24, 2.45) is 0 Å². The first-order valence-electron chi connectivity index (χ1n) is 7.91. The molecule has 6 nitrogen and oxygen atoms in total. The lowest BCUT2D eigenvalue weighted by Gasteiger charge is -2.06. The molecule has 0 aliphatic carbocycles. The number of aromatic amines is 1. The maximum atomic E-state index is 11.9. The predicted molar refractivity (Wildman–Crippen MR) is 90.0 cm³/mol. The van der Waals surface area contributed by atoms with Crippen LogP contribution in [0.5, 0.6) is 5.75 Å². The van der Waals surface area contributed by atoms with Crippen molar-refractivity contribution in [2.45, 2.75) is 45.3 Å². The van der Waals surface area contributed by atoms with E-state index in [1.54, 1.807) is 0 Å². The number of hydrogen-bond acceptors (Lipinski definition) is 5. The average Bonchev–Trinajstić information content (AvgIpc) is 2.50. The number of carbonyl (C=O) groups is 1. The van der Waals surface area contributed by atoms with E-state index in [1.165, 1.54) is 12.3 Å². The van der Waals surface area contributed by atoms with Crippen molar-refractivity contribution in [1.29, 1.82) is 0 Å². The molecule has 0 aliphatic heterocycles. The molecule has 0 fully saturated rings. The minimum atomic E-state index is -1.41. The van der Waals surface area contributed by atoms with Crippen LogP contribution in [0.4, 0.5) is 0 Å². The van der Waals surface area contributed by atoms with Crippen LogP contribution in [0.3, 0.4) is 0 Å². The Balaban J connectivity index is 2.43. The Morgan fingerprint density at radius 3 is 2.65 bits per heavy atom. The zero-order valence-corrected chi connectivity index (χ0v) is 14.6. The van der Waals surface area contributed by atoms with Crippen molar-refractivity contribution < 1.29 is 18.5 Å². The number of unbranched alkanes of at least 4 members (excludes halogenated alkanes) is 2. The van der Waals surface area contributed by atoms with Crippen molar-refractivity contribution in [3.63, 3.8) is 0 Å². The van der Waals surface area contributed by atoms with Gasteiger partial charge in [0.25, 0.3) is 0 Å². The molecule has 1 N–H and O–H groups in total. The highest BCUT2D eigenvalue weighted by molar-refractivity contribution is 7.84. The SMILES string of the molecule is CCCCCOC(=O)CS(=O)Cc1cc(=O)c(OCCC)c[nH]1. The largest absolute Gasteiger partial charge is 0.488 e. The quantitative estimate of drug-likeness (QED) is 0.491. The molecule has 1 rings (SSSR count). The monoisotopic (exact) mass is 343 g/mol. The number of pyridine rings is 1. The molecule has 0 amide bonds. The molecule has 1 aromatic rings. The number of hydrogen-bond donors (Lipinski definition) is 1. The van der Waals surface area contributed by atoms with E-state index in [4.69, 9.17) is 9.47 Å². The maximum absolute atomic E-state index is 11.9. The molecule has 0 aliphatic rings. The summed E-state index contributed by atoms with van der Waals surface area (Å²) in [5.41, 5.74) is 0.252. The maximum Gasteiger partial charge on any atom is 0.318 e. The number of nitrogens with one attached hydrogen (secondary N) is 1. The van der Waals surface area contributed by atoms with Gasteiger partial charge in [-0.15, -0.1) is 0 Å². The van der Waals surface area contributed by atoms with E-state index in [2.05, 4.69) is 11.9 Å². The third-order valence-corrected chi connectivity index (χ3v) is 4.20. The van der Waals surface area contributed by atoms with Crippen molar-refractivity contribution in [1.82, 2.24) is 4.98 Å². The van der Waals surface area contributed by atoms with Crippen LogP contribution < -0.4 is 10.2 Å². The molecular weight excluding hydrogens is 318 g/mol. The topological polar surface area (TPSA) is 85.5 Å². The summed E-state index contributed by atoms with van der Waals surface area (Å²) < 4.78 is 22.2. The van der Waals surface area contributed by atoms with Crippen LogP contribution in [0, 0.1) is 0 Å². The fourth-order valence-electron chi connectivity index (χ4n) is 1.84. The fourth-order valence-corrected chi connectivity index (χ4v) is 2.81. The van der Waals surface area contributed by atoms with Crippen LogP contribution in [0.15, 0.2) is 17.1 Å². The number of carbonyl (C=O) groups excluding carboxylic acids is 1. The molecule has 0 bridgehead atoms. The molecule has 0 saturated carbocycles. The minimum Gasteiger partial charge on any atom is -0.488 e. The van der Waals surface area contributed by atoms with Gasteiger partial charge in [-0.1, -0.05) is 26.7 Å². The summed E-state index contributed by atoms with van der Waals surface area (Å²) in [6.07, 6.45) is 5.15. The van der Waals surface area contributed by atoms with Gasteiger partial charge in [-0.25, -0.2) is 0 Å². The molecule has 0 radical (unpaired) electrons. The van der Waals surface area contributed by atoms with Crippen LogP contribution in [0.1, 0.15) is 45.2 Å². The Kier molecular flexibility index (Phi) is 9.28. The van der Waals surface area contributed by atoms with Gasteiger partial charge in [0.05, 0.1) is 19.0 Å². The molecule has 130 valence electrons. The van der Waals surface area contributed by atoms with Gasteiger partial charge in [0.15, 0.2) is 5.75 Å². The van der Waals surface area contributed by atoms with Gasteiger partial charge in [-0.05, 0) is 12.8 Å². The van der Waals surface area contributed by atoms with E-state index in [9.17, 15) is 13.8 Å². The number of H-pyrrole nitrogens is 1. The Bertz CT molecular complexity index is 570. The van der Waals surface area contributed by atoms with E-state index < -0.39 is 16.8 Å². The molecule has 1 atom stereocenters. The lowest BCUT2D eigenvalue weighted by Crippen LogP contribution is -2.17. The van der Waals surface area contributed by atoms with E-state index in [0.717, 1.165) is 25.7 Å². The molecule has 23 heavy (non-hydrogen) atoms. The lowest BCUT2D eigenvalue weighted by atomic mass is 10.3. The molecule has 1 unspecified atom stereocenters. The highest BCUT2D eigenvalue weighted by Crippen LogP contribution is 2.05. The number of esters is 1. The lowest BCUT2D eigenvalue weighted by molar-refractivity contribution is -0.140. The summed E-state index contributed by atoms with van der Waals surface area (Å²) >= 11 is 0. The number of rotatable bonds is 11. The van der Waals surface area contributed by atoms with Crippen LogP contribution in [-0.2, 0) is 26.1 Å². The van der Waals surface area contributed by atoms with Crippen molar-refractivity contribution in [3.05, 3.63) is 28.2 Å². The Morgan fingerprint density at radius 2 is 2.00 bits per heavy atom. The van der Waals surface area contributed by atoms with Crippen molar-refractivity contribution in [2.75, 3.05) is 19.0 Å². The molecule has 0 saturated heterocycles. The van der Waals surface area contributed by atoms with Gasteiger partial charge in [0.1, 0.15) is 5.75 Å². The summed E-state index contributed by atoms with van der Waals surface area (Å²) in [5.74, 6) is -0.281. The zero-order chi connectivity index (χ0) is 17.1. The molecular formula is C16H25NO5S. The second kappa shape index (κ2) is 11.0. The van der Waals surface area contributed by atoms with Crippen LogP contribution in [0.2, 0.25) is 0 Å². The molecule has 1 heterocycles. The molecule has 1 aromatic heterocycles. The van der Waals surface area contributed by atoms with E-state index >= 15 is 0 Å². The van der Waals surface area contributed by atoms with Crippen molar-refractivity contribution >= 4 is 16.8 Å². The van der Waals surface area contributed by atoms with Crippen LogP contribution in [-0.4, -0.2) is 34.1 Å². The van der Waals surface area contributed by atoms with Crippen LogP contribution >= 0.6 is 0 Å². The van der Waals surface area contributed by atoms with E-state index in [-0.39, 0.29) is 22.7 Å². The summed E-state index contributed by atoms with van der Waals surface area (Å²) in [4.78, 5) is 26.2. The first-order chi connectivity index (χ1) is 11.1. The van der Waals surface area contributed by atoms with E-state index in [1.807, 2.05) is 6.92 Å². The van der Waals surface area contributed by atoms with Gasteiger partial charge >= 0.3 is 5.97 Å². The summed E-state index contributed by atoms with van der Waals surface area (Å²) in [6, 6.07) is 1.36. The minimum absolute atomic E-state index is 0.105. The summed E-state index contributed by atoms with van der Waals surface area (Å²) in [6.45, 7) is 4.85. The third-order valence-electron chi connectivity index (χ3n) is 3.00. The number of ether oxygens (including phenoxy) is 2. The van der Waals surface area contributed by atoms with Gasteiger partial charge < -0.3 is 14.5 Å². The average molecular weight is 343 g/mol. The van der Waals surface area contributed by atoms with Crippen LogP contribution in [0.25, 0.3) is 0 Å². The van der Waals surface area contributed by atoms with Crippen molar-refractivity contribution in [3.8, 4) is 5.75 Å². The second-order valence-electron chi connectivity index (χ2n) is 5.19. The smallest absolute Gasteiger partial charge is 0.318 e. The summed E-state index contributed by atoms with van der Waals surface area (Å²) in [7, 11) is -1.41. The fraction of sp³-hybridized carbons (Fsp3) is 0.625. The molecule has 0 spiro atoms. The molecule has 0 aromatic carbocycles. The van der Waals surface area contributed by atoms with Gasteiger partial charge in [-0.2, -0.15) is 0 Å².